The fourth-order valence-corrected chi connectivity index (χ4v) is 2.38. The number of nitrogens with one attached hydrogen (secondary N) is 1. The number of hydrogen-bond acceptors (Lipinski definition) is 4. The maximum atomic E-state index is 12.2. The Morgan fingerprint density at radius 2 is 2.26 bits per heavy atom. The van der Waals surface area contributed by atoms with Crippen LogP contribution in [-0.4, -0.2) is 25.7 Å². The van der Waals surface area contributed by atoms with Crippen molar-refractivity contribution in [1.82, 2.24) is 19.7 Å². The summed E-state index contributed by atoms with van der Waals surface area (Å²) in [6.07, 6.45) is 5.39. The topological polar surface area (TPSA) is 72.7 Å². The molecule has 1 fully saturated rings. The molecule has 2 aromatic rings. The van der Waals surface area contributed by atoms with Crippen LogP contribution in [-0.2, 0) is 0 Å². The summed E-state index contributed by atoms with van der Waals surface area (Å²) in [6, 6.07) is 2.08. The van der Waals surface area contributed by atoms with Gasteiger partial charge in [0.05, 0.1) is 5.56 Å². The molecule has 1 amide bonds. The van der Waals surface area contributed by atoms with Crippen molar-refractivity contribution in [3.05, 3.63) is 34.3 Å². The smallest absolute Gasteiger partial charge is 0.259 e. The van der Waals surface area contributed by atoms with Crippen LogP contribution < -0.4 is 5.32 Å². The molecule has 0 spiro atoms. The summed E-state index contributed by atoms with van der Waals surface area (Å²) in [6.45, 7) is 1.89. The molecule has 0 atom stereocenters. The van der Waals surface area contributed by atoms with E-state index in [2.05, 4.69) is 36.4 Å². The molecule has 19 heavy (non-hydrogen) atoms. The van der Waals surface area contributed by atoms with E-state index < -0.39 is 0 Å². The first-order valence-corrected chi connectivity index (χ1v) is 6.78. The fraction of sp³-hybridized carbons (Fsp3) is 0.333. The second-order valence-electron chi connectivity index (χ2n) is 4.48. The SMILES string of the molecule is Cc1nnc(NC(=O)c2ccncc2Br)n1C1CC1. The molecule has 1 N–H and O–H groups in total. The van der Waals surface area contributed by atoms with Crippen LogP contribution in [0.2, 0.25) is 0 Å². The molecule has 2 aromatic heterocycles. The highest BCUT2D eigenvalue weighted by atomic mass is 79.9. The molecular formula is C12H12BrN5O. The van der Waals surface area contributed by atoms with Crippen LogP contribution in [0.3, 0.4) is 0 Å². The second-order valence-corrected chi connectivity index (χ2v) is 5.34. The van der Waals surface area contributed by atoms with Crippen molar-refractivity contribution >= 4 is 27.8 Å². The van der Waals surface area contributed by atoms with Crippen molar-refractivity contribution in [1.29, 1.82) is 0 Å². The summed E-state index contributed by atoms with van der Waals surface area (Å²) in [5.74, 6) is 1.11. The van der Waals surface area contributed by atoms with Crippen LogP contribution in [0.4, 0.5) is 5.95 Å². The maximum Gasteiger partial charge on any atom is 0.259 e. The van der Waals surface area contributed by atoms with Gasteiger partial charge in [0.2, 0.25) is 5.95 Å². The molecule has 0 saturated heterocycles. The number of pyridine rings is 1. The average Bonchev–Trinajstić information content (AvgIpc) is 3.15. The van der Waals surface area contributed by atoms with Gasteiger partial charge in [-0.3, -0.25) is 19.7 Å². The maximum absolute atomic E-state index is 12.2. The third-order valence-electron chi connectivity index (χ3n) is 3.02. The Hall–Kier alpha value is -1.76. The van der Waals surface area contributed by atoms with Gasteiger partial charge in [-0.25, -0.2) is 0 Å². The number of rotatable bonds is 3. The minimum absolute atomic E-state index is 0.219. The third-order valence-corrected chi connectivity index (χ3v) is 3.65. The van der Waals surface area contributed by atoms with E-state index in [1.165, 1.54) is 0 Å². The van der Waals surface area contributed by atoms with E-state index in [1.807, 2.05) is 11.5 Å². The molecular weight excluding hydrogens is 310 g/mol. The van der Waals surface area contributed by atoms with E-state index in [4.69, 9.17) is 0 Å². The molecule has 7 heteroatoms. The summed E-state index contributed by atoms with van der Waals surface area (Å²) < 4.78 is 2.63. The normalized spacial score (nSPS) is 14.4. The van der Waals surface area contributed by atoms with Gasteiger partial charge in [0.1, 0.15) is 5.82 Å². The number of aryl methyl sites for hydroxylation is 1. The monoisotopic (exact) mass is 321 g/mol. The first kappa shape index (κ1) is 12.3. The zero-order valence-electron chi connectivity index (χ0n) is 10.3. The Morgan fingerprint density at radius 3 is 2.95 bits per heavy atom. The van der Waals surface area contributed by atoms with Gasteiger partial charge in [-0.2, -0.15) is 0 Å². The minimum Gasteiger partial charge on any atom is -0.294 e. The number of carbonyl (C=O) groups is 1. The van der Waals surface area contributed by atoms with Crippen molar-refractivity contribution < 1.29 is 4.79 Å². The molecule has 0 aliphatic heterocycles. The van der Waals surface area contributed by atoms with E-state index in [-0.39, 0.29) is 5.91 Å². The third kappa shape index (κ3) is 2.37. The summed E-state index contributed by atoms with van der Waals surface area (Å²) in [7, 11) is 0. The molecule has 2 heterocycles. The van der Waals surface area contributed by atoms with E-state index in [0.29, 0.717) is 22.0 Å². The van der Waals surface area contributed by atoms with E-state index in [0.717, 1.165) is 18.7 Å². The van der Waals surface area contributed by atoms with Crippen LogP contribution in [0.15, 0.2) is 22.9 Å². The van der Waals surface area contributed by atoms with Crippen LogP contribution in [0, 0.1) is 6.92 Å². The zero-order chi connectivity index (χ0) is 13.4. The van der Waals surface area contributed by atoms with Crippen molar-refractivity contribution in [2.45, 2.75) is 25.8 Å². The molecule has 0 aromatic carbocycles. The Labute approximate surface area is 118 Å². The lowest BCUT2D eigenvalue weighted by Gasteiger charge is -2.08. The number of aromatic nitrogens is 4. The van der Waals surface area contributed by atoms with E-state index in [9.17, 15) is 4.79 Å². The Kier molecular flexibility index (Phi) is 3.06. The number of carbonyl (C=O) groups excluding carboxylic acids is 1. The molecule has 1 aliphatic rings. The number of halogens is 1. The largest absolute Gasteiger partial charge is 0.294 e. The van der Waals surface area contributed by atoms with Crippen molar-refractivity contribution in [2.24, 2.45) is 0 Å². The molecule has 3 rings (SSSR count). The molecule has 1 aliphatic carbocycles. The van der Waals surface area contributed by atoms with Crippen molar-refractivity contribution in [2.75, 3.05) is 5.32 Å². The van der Waals surface area contributed by atoms with Crippen LogP contribution in [0.25, 0.3) is 0 Å². The summed E-state index contributed by atoms with van der Waals surface area (Å²) in [5.41, 5.74) is 0.526. The van der Waals surface area contributed by atoms with Gasteiger partial charge >= 0.3 is 0 Å². The first-order chi connectivity index (χ1) is 9.16. The zero-order valence-corrected chi connectivity index (χ0v) is 11.9. The number of nitrogens with zero attached hydrogens (tertiary/aromatic N) is 4. The Morgan fingerprint density at radius 1 is 1.47 bits per heavy atom. The van der Waals surface area contributed by atoms with Crippen LogP contribution in [0.1, 0.15) is 35.1 Å². The molecule has 6 nitrogen and oxygen atoms in total. The average molecular weight is 322 g/mol. The number of hydrogen-bond donors (Lipinski definition) is 1. The van der Waals surface area contributed by atoms with E-state index in [1.54, 1.807) is 18.5 Å². The lowest BCUT2D eigenvalue weighted by Crippen LogP contribution is -2.16. The van der Waals surface area contributed by atoms with Gasteiger partial charge in [-0.1, -0.05) is 0 Å². The van der Waals surface area contributed by atoms with Gasteiger partial charge in [0.25, 0.3) is 5.91 Å². The summed E-state index contributed by atoms with van der Waals surface area (Å²) in [4.78, 5) is 16.1. The highest BCUT2D eigenvalue weighted by molar-refractivity contribution is 9.10. The highest BCUT2D eigenvalue weighted by Gasteiger charge is 2.29. The van der Waals surface area contributed by atoms with Crippen LogP contribution in [0.5, 0.6) is 0 Å². The van der Waals surface area contributed by atoms with Gasteiger partial charge in [0.15, 0.2) is 0 Å². The lowest BCUT2D eigenvalue weighted by atomic mass is 10.2. The summed E-state index contributed by atoms with van der Waals surface area (Å²) in [5, 5.41) is 10.8. The first-order valence-electron chi connectivity index (χ1n) is 5.99. The predicted molar refractivity (Wildman–Crippen MR) is 72.9 cm³/mol. The Balaban J connectivity index is 1.86. The van der Waals surface area contributed by atoms with Crippen molar-refractivity contribution in [3.8, 4) is 0 Å². The highest BCUT2D eigenvalue weighted by Crippen LogP contribution is 2.37. The molecule has 1 saturated carbocycles. The quantitative estimate of drug-likeness (QED) is 0.941. The van der Waals surface area contributed by atoms with Crippen LogP contribution >= 0.6 is 15.9 Å². The van der Waals surface area contributed by atoms with E-state index >= 15 is 0 Å². The molecule has 0 radical (unpaired) electrons. The lowest BCUT2D eigenvalue weighted by molar-refractivity contribution is 0.102. The van der Waals surface area contributed by atoms with Gasteiger partial charge in [-0.05, 0) is 41.8 Å². The predicted octanol–water partition coefficient (Wildman–Crippen LogP) is 2.33. The van der Waals surface area contributed by atoms with Crippen molar-refractivity contribution in [3.63, 3.8) is 0 Å². The second kappa shape index (κ2) is 4.73. The molecule has 0 unspecified atom stereocenters. The number of anilines is 1. The van der Waals surface area contributed by atoms with Gasteiger partial charge in [-0.15, -0.1) is 10.2 Å². The minimum atomic E-state index is -0.219. The standard InChI is InChI=1S/C12H12BrN5O/c1-7-16-17-12(18(7)8-2-3-8)15-11(19)9-4-5-14-6-10(9)13/h4-6,8H,2-3H2,1H3,(H,15,17,19). The number of amides is 1. The Bertz CT molecular complexity index is 635. The molecule has 98 valence electrons. The molecule has 0 bridgehead atoms. The fourth-order valence-electron chi connectivity index (χ4n) is 1.95. The van der Waals surface area contributed by atoms with Gasteiger partial charge < -0.3 is 0 Å². The summed E-state index contributed by atoms with van der Waals surface area (Å²) >= 11 is 3.31. The van der Waals surface area contributed by atoms with Gasteiger partial charge in [0, 0.05) is 22.9 Å².